The Morgan fingerprint density at radius 2 is 2.17 bits per heavy atom. The minimum atomic E-state index is -0.153. The van der Waals surface area contributed by atoms with Crippen molar-refractivity contribution in [2.24, 2.45) is 5.73 Å². The molecule has 1 aliphatic rings. The predicted molar refractivity (Wildman–Crippen MR) is 113 cm³/mol. The Hall–Kier alpha value is -3.26. The number of nitrogens with one attached hydrogen (secondary N) is 2. The second kappa shape index (κ2) is 8.40. The van der Waals surface area contributed by atoms with Gasteiger partial charge >= 0.3 is 0 Å². The molecule has 8 heteroatoms. The summed E-state index contributed by atoms with van der Waals surface area (Å²) in [4.78, 5) is 20.7. The van der Waals surface area contributed by atoms with E-state index in [4.69, 9.17) is 21.3 Å². The monoisotopic (exact) mass is 394 g/mol. The molecule has 1 amide bonds. The van der Waals surface area contributed by atoms with Crippen molar-refractivity contribution < 1.29 is 9.53 Å². The van der Waals surface area contributed by atoms with E-state index in [1.54, 1.807) is 47.2 Å². The van der Waals surface area contributed by atoms with Crippen LogP contribution in [0.15, 0.2) is 30.3 Å². The molecular weight excluding hydrogens is 368 g/mol. The number of fused-ring (bicyclic) bond motifs is 1. The number of ether oxygens (including phenoxy) is 1. The van der Waals surface area contributed by atoms with Crippen LogP contribution >= 0.6 is 0 Å². The van der Waals surface area contributed by atoms with E-state index >= 15 is 0 Å². The molecule has 0 radical (unpaired) electrons. The molecule has 3 rings (SSSR count). The number of nitrogens with two attached hydrogens (primary N) is 1. The molecule has 152 valence electrons. The standard InChI is InChI=1S/C21H26N6O2/c1-4-13(2)27(12-23)20(24)17-6-5-7-19(25-17)26-11-16-14(21(26)28)8-9-18(29-3)15(16)10-22/h5-9,12-13,23-24H,4,10-11,22H2,1-3H3. The van der Waals surface area contributed by atoms with E-state index in [1.165, 1.54) is 0 Å². The Morgan fingerprint density at radius 3 is 2.79 bits per heavy atom. The molecule has 1 unspecified atom stereocenters. The highest BCUT2D eigenvalue weighted by molar-refractivity contribution is 6.10. The fourth-order valence-corrected chi connectivity index (χ4v) is 3.47. The number of aromatic nitrogens is 1. The van der Waals surface area contributed by atoms with Gasteiger partial charge in [0.2, 0.25) is 0 Å². The number of rotatable bonds is 7. The summed E-state index contributed by atoms with van der Waals surface area (Å²) in [5, 5.41) is 16.1. The Balaban J connectivity index is 1.95. The zero-order chi connectivity index (χ0) is 21.1. The summed E-state index contributed by atoms with van der Waals surface area (Å²) in [6, 6.07) is 8.75. The molecule has 0 saturated carbocycles. The van der Waals surface area contributed by atoms with Crippen LogP contribution in [-0.2, 0) is 13.1 Å². The first kappa shape index (κ1) is 20.5. The van der Waals surface area contributed by atoms with Crippen LogP contribution in [0.5, 0.6) is 5.75 Å². The molecule has 4 N–H and O–H groups in total. The zero-order valence-electron chi connectivity index (χ0n) is 16.9. The van der Waals surface area contributed by atoms with Crippen LogP contribution in [0.1, 0.15) is 47.4 Å². The van der Waals surface area contributed by atoms with Gasteiger partial charge in [0.1, 0.15) is 17.3 Å². The van der Waals surface area contributed by atoms with Gasteiger partial charge in [-0.2, -0.15) is 0 Å². The molecule has 1 aromatic heterocycles. The third-order valence-electron chi connectivity index (χ3n) is 5.32. The first-order valence-corrected chi connectivity index (χ1v) is 9.52. The van der Waals surface area contributed by atoms with Gasteiger partial charge in [0, 0.05) is 23.7 Å². The van der Waals surface area contributed by atoms with E-state index in [9.17, 15) is 4.79 Å². The molecule has 0 fully saturated rings. The van der Waals surface area contributed by atoms with Gasteiger partial charge in [0.25, 0.3) is 5.91 Å². The van der Waals surface area contributed by atoms with Crippen molar-refractivity contribution in [1.29, 1.82) is 10.8 Å². The minimum absolute atomic E-state index is 0.00251. The molecular formula is C21H26N6O2. The van der Waals surface area contributed by atoms with Crippen LogP contribution in [0.25, 0.3) is 0 Å². The van der Waals surface area contributed by atoms with Crippen LogP contribution in [0.3, 0.4) is 0 Å². The van der Waals surface area contributed by atoms with Gasteiger partial charge in [-0.1, -0.05) is 13.0 Å². The lowest BCUT2D eigenvalue weighted by Crippen LogP contribution is -2.37. The van der Waals surface area contributed by atoms with Crippen molar-refractivity contribution in [2.45, 2.75) is 39.4 Å². The van der Waals surface area contributed by atoms with E-state index < -0.39 is 0 Å². The summed E-state index contributed by atoms with van der Waals surface area (Å²) in [6.45, 7) is 4.57. The third kappa shape index (κ3) is 3.58. The summed E-state index contributed by atoms with van der Waals surface area (Å²) < 4.78 is 5.38. The van der Waals surface area contributed by atoms with Gasteiger partial charge in [-0.05, 0) is 43.2 Å². The fraction of sp³-hybridized carbons (Fsp3) is 0.333. The highest BCUT2D eigenvalue weighted by atomic mass is 16.5. The SMILES string of the molecule is CCC(C)N(C=N)C(=N)c1cccc(N2Cc3c(ccc(OC)c3CN)C2=O)n1. The minimum Gasteiger partial charge on any atom is -0.496 e. The van der Waals surface area contributed by atoms with Crippen molar-refractivity contribution in [3.8, 4) is 5.75 Å². The Morgan fingerprint density at radius 1 is 1.41 bits per heavy atom. The summed E-state index contributed by atoms with van der Waals surface area (Å²) >= 11 is 0. The van der Waals surface area contributed by atoms with E-state index in [0.29, 0.717) is 29.4 Å². The molecule has 0 bridgehead atoms. The fourth-order valence-electron chi connectivity index (χ4n) is 3.47. The normalized spacial score (nSPS) is 13.8. The number of amides is 1. The van der Waals surface area contributed by atoms with Crippen LogP contribution < -0.4 is 15.4 Å². The highest BCUT2D eigenvalue weighted by Crippen LogP contribution is 2.34. The number of nitrogens with zero attached hydrogens (tertiary/aromatic N) is 3. The van der Waals surface area contributed by atoms with Crippen LogP contribution in [0.2, 0.25) is 0 Å². The molecule has 1 aromatic carbocycles. The number of carbonyl (C=O) groups excluding carboxylic acids is 1. The van der Waals surface area contributed by atoms with Gasteiger partial charge in [-0.25, -0.2) is 4.98 Å². The van der Waals surface area contributed by atoms with Crippen LogP contribution in [0, 0.1) is 10.8 Å². The highest BCUT2D eigenvalue weighted by Gasteiger charge is 2.32. The second-order valence-corrected chi connectivity index (χ2v) is 6.89. The maximum Gasteiger partial charge on any atom is 0.260 e. The number of methoxy groups -OCH3 is 1. The third-order valence-corrected chi connectivity index (χ3v) is 5.32. The van der Waals surface area contributed by atoms with Crippen molar-refractivity contribution in [2.75, 3.05) is 12.0 Å². The zero-order valence-corrected chi connectivity index (χ0v) is 16.9. The maximum absolute atomic E-state index is 13.0. The lowest BCUT2D eigenvalue weighted by Gasteiger charge is -2.26. The molecule has 2 heterocycles. The number of pyridine rings is 1. The van der Waals surface area contributed by atoms with Crippen molar-refractivity contribution >= 4 is 23.9 Å². The Bertz CT molecular complexity index is 958. The first-order valence-electron chi connectivity index (χ1n) is 9.52. The maximum atomic E-state index is 13.0. The first-order chi connectivity index (χ1) is 14.0. The predicted octanol–water partition coefficient (Wildman–Crippen LogP) is 2.74. The number of hydrogen-bond acceptors (Lipinski definition) is 6. The topological polar surface area (TPSA) is 119 Å². The molecule has 0 saturated heterocycles. The molecule has 0 aliphatic carbocycles. The van der Waals surface area contributed by atoms with E-state index in [1.807, 2.05) is 13.8 Å². The molecule has 29 heavy (non-hydrogen) atoms. The van der Waals surface area contributed by atoms with E-state index in [-0.39, 0.29) is 24.3 Å². The molecule has 0 spiro atoms. The van der Waals surface area contributed by atoms with Gasteiger partial charge in [0.15, 0.2) is 5.84 Å². The number of benzene rings is 1. The summed E-state index contributed by atoms with van der Waals surface area (Å²) in [6.07, 6.45) is 1.93. The van der Waals surface area contributed by atoms with Crippen molar-refractivity contribution in [3.63, 3.8) is 0 Å². The van der Waals surface area contributed by atoms with Crippen LogP contribution in [0.4, 0.5) is 5.82 Å². The Labute approximate surface area is 170 Å². The summed E-state index contributed by atoms with van der Waals surface area (Å²) in [5.41, 5.74) is 8.57. The Kier molecular flexibility index (Phi) is 5.93. The average Bonchev–Trinajstić information content (AvgIpc) is 3.09. The molecule has 1 atom stereocenters. The molecule has 8 nitrogen and oxygen atoms in total. The molecule has 1 aliphatic heterocycles. The number of hydrogen-bond donors (Lipinski definition) is 3. The number of anilines is 1. The average molecular weight is 394 g/mol. The smallest absolute Gasteiger partial charge is 0.260 e. The summed E-state index contributed by atoms with van der Waals surface area (Å²) in [5.74, 6) is 1.10. The van der Waals surface area contributed by atoms with Crippen molar-refractivity contribution in [3.05, 3.63) is 52.7 Å². The largest absolute Gasteiger partial charge is 0.496 e. The van der Waals surface area contributed by atoms with E-state index in [0.717, 1.165) is 23.9 Å². The lowest BCUT2D eigenvalue weighted by atomic mass is 10.0. The van der Waals surface area contributed by atoms with Gasteiger partial charge < -0.3 is 15.4 Å². The lowest BCUT2D eigenvalue weighted by molar-refractivity contribution is 0.0996. The quantitative estimate of drug-likeness (QED) is 0.493. The second-order valence-electron chi connectivity index (χ2n) is 6.89. The van der Waals surface area contributed by atoms with Crippen molar-refractivity contribution in [1.82, 2.24) is 9.88 Å². The number of amidine groups is 1. The van der Waals surface area contributed by atoms with Gasteiger partial charge in [0.05, 0.1) is 20.0 Å². The summed E-state index contributed by atoms with van der Waals surface area (Å²) in [7, 11) is 1.58. The van der Waals surface area contributed by atoms with E-state index in [2.05, 4.69) is 4.98 Å². The van der Waals surface area contributed by atoms with Crippen LogP contribution in [-0.4, -0.2) is 41.1 Å². The van der Waals surface area contributed by atoms with Gasteiger partial charge in [-0.15, -0.1) is 0 Å². The van der Waals surface area contributed by atoms with Gasteiger partial charge in [-0.3, -0.25) is 20.5 Å². The molecule has 2 aromatic rings. The number of carbonyl (C=O) groups is 1.